The number of rotatable bonds is 7. The van der Waals surface area contributed by atoms with Crippen LogP contribution in [0.2, 0.25) is 0 Å². The molecule has 1 N–H and O–H groups in total. The molecular formula is C23H22F2N2O4S. The summed E-state index contributed by atoms with van der Waals surface area (Å²) in [5, 5.41) is 3.77. The predicted molar refractivity (Wildman–Crippen MR) is 120 cm³/mol. The van der Waals surface area contributed by atoms with Crippen LogP contribution in [-0.4, -0.2) is 45.9 Å². The fourth-order valence-electron chi connectivity index (χ4n) is 3.45. The van der Waals surface area contributed by atoms with Gasteiger partial charge in [-0.05, 0) is 23.8 Å². The molecule has 4 rings (SSSR count). The molecule has 9 heteroatoms. The molecule has 0 bridgehead atoms. The van der Waals surface area contributed by atoms with Crippen molar-refractivity contribution in [2.24, 2.45) is 0 Å². The Morgan fingerprint density at radius 3 is 2.53 bits per heavy atom. The van der Waals surface area contributed by atoms with Gasteiger partial charge in [-0.2, -0.15) is 8.78 Å². The average molecular weight is 461 g/mol. The van der Waals surface area contributed by atoms with Crippen LogP contribution in [0, 0.1) is 0 Å². The third kappa shape index (κ3) is 5.00. The summed E-state index contributed by atoms with van der Waals surface area (Å²) in [5.41, 5.74) is 2.31. The lowest BCUT2D eigenvalue weighted by Crippen LogP contribution is -2.35. The van der Waals surface area contributed by atoms with Crippen LogP contribution in [0.25, 0.3) is 11.1 Å². The van der Waals surface area contributed by atoms with Gasteiger partial charge in [0.15, 0.2) is 11.5 Å². The topological polar surface area (TPSA) is 60.0 Å². The lowest BCUT2D eigenvalue weighted by Gasteiger charge is -2.28. The minimum absolute atomic E-state index is 0.148. The number of morpholine rings is 1. The number of amides is 1. The van der Waals surface area contributed by atoms with Gasteiger partial charge in [0.25, 0.3) is 5.91 Å². The molecule has 0 unspecified atom stereocenters. The number of carbonyl (C=O) groups excluding carboxylic acids is 1. The minimum Gasteiger partial charge on any atom is -0.493 e. The molecule has 168 valence electrons. The lowest BCUT2D eigenvalue weighted by atomic mass is 10.1. The van der Waals surface area contributed by atoms with Crippen LogP contribution in [0.3, 0.4) is 0 Å². The second-order valence-electron chi connectivity index (χ2n) is 6.99. The van der Waals surface area contributed by atoms with Crippen LogP contribution < -0.4 is 19.7 Å². The van der Waals surface area contributed by atoms with E-state index in [1.54, 1.807) is 6.07 Å². The number of nitrogens with one attached hydrogen (secondary N) is 1. The molecule has 1 aliphatic rings. The highest BCUT2D eigenvalue weighted by Gasteiger charge is 2.22. The molecule has 0 saturated carbocycles. The number of thiophene rings is 1. The predicted octanol–water partition coefficient (Wildman–Crippen LogP) is 5.11. The van der Waals surface area contributed by atoms with Crippen LogP contribution in [0.1, 0.15) is 9.67 Å². The first kappa shape index (κ1) is 22.0. The second kappa shape index (κ2) is 9.97. The normalized spacial score (nSPS) is 13.8. The van der Waals surface area contributed by atoms with Crippen LogP contribution in [0.4, 0.5) is 19.5 Å². The van der Waals surface area contributed by atoms with Crippen LogP contribution in [-0.2, 0) is 4.74 Å². The van der Waals surface area contributed by atoms with Gasteiger partial charge >= 0.3 is 6.61 Å². The van der Waals surface area contributed by atoms with Crippen LogP contribution in [0.15, 0.2) is 54.6 Å². The molecule has 1 fully saturated rings. The molecule has 0 spiro atoms. The maximum Gasteiger partial charge on any atom is 0.387 e. The Balaban J connectivity index is 1.62. The fraction of sp³-hybridized carbons (Fsp3) is 0.261. The van der Waals surface area contributed by atoms with Crippen molar-refractivity contribution in [1.82, 2.24) is 0 Å². The largest absolute Gasteiger partial charge is 0.493 e. The van der Waals surface area contributed by atoms with Gasteiger partial charge in [-0.3, -0.25) is 4.79 Å². The molecule has 2 aromatic carbocycles. The van der Waals surface area contributed by atoms with Gasteiger partial charge in [-0.1, -0.05) is 30.3 Å². The number of carbonyl (C=O) groups is 1. The lowest BCUT2D eigenvalue weighted by molar-refractivity contribution is -0.0511. The van der Waals surface area contributed by atoms with E-state index in [2.05, 4.69) is 15.0 Å². The summed E-state index contributed by atoms with van der Waals surface area (Å²) in [7, 11) is 1.36. The Bertz CT molecular complexity index is 1070. The van der Waals surface area contributed by atoms with Gasteiger partial charge in [0.05, 0.1) is 30.2 Å². The Hall–Kier alpha value is -3.17. The van der Waals surface area contributed by atoms with Crippen LogP contribution >= 0.6 is 11.3 Å². The average Bonchev–Trinajstić information content (AvgIpc) is 3.26. The van der Waals surface area contributed by atoms with Gasteiger partial charge in [0.2, 0.25) is 0 Å². The zero-order chi connectivity index (χ0) is 22.5. The van der Waals surface area contributed by atoms with E-state index in [1.807, 2.05) is 36.4 Å². The smallest absolute Gasteiger partial charge is 0.387 e. The molecule has 0 atom stereocenters. The van der Waals surface area contributed by atoms with Gasteiger partial charge in [-0.15, -0.1) is 11.3 Å². The van der Waals surface area contributed by atoms with E-state index < -0.39 is 6.61 Å². The number of hydrogen-bond donors (Lipinski definition) is 1. The first-order chi connectivity index (χ1) is 15.5. The maximum atomic E-state index is 13.0. The third-order valence-electron chi connectivity index (χ3n) is 4.96. The van der Waals surface area contributed by atoms with Crippen molar-refractivity contribution in [1.29, 1.82) is 0 Å². The Labute approximate surface area is 188 Å². The second-order valence-corrected chi connectivity index (χ2v) is 8.02. The van der Waals surface area contributed by atoms with Crippen molar-refractivity contribution in [2.75, 3.05) is 43.6 Å². The quantitative estimate of drug-likeness (QED) is 0.531. The standard InChI is InChI=1S/C23H22F2N2O4S/c1-29-18-8-7-16(13-19(18)31-23(24)25)26-21(28)20-14-17(15-5-3-2-4-6-15)22(32-20)27-9-11-30-12-10-27/h2-8,13-14,23H,9-12H2,1H3,(H,26,28). The molecule has 2 heterocycles. The molecule has 1 saturated heterocycles. The van der Waals surface area contributed by atoms with Crippen molar-refractivity contribution in [3.63, 3.8) is 0 Å². The van der Waals surface area contributed by atoms with Crippen LogP contribution in [0.5, 0.6) is 11.5 Å². The van der Waals surface area contributed by atoms with Gasteiger partial charge in [0, 0.05) is 30.4 Å². The summed E-state index contributed by atoms with van der Waals surface area (Å²) >= 11 is 1.39. The number of anilines is 2. The monoisotopic (exact) mass is 460 g/mol. The summed E-state index contributed by atoms with van der Waals surface area (Å²) in [4.78, 5) is 15.7. The van der Waals surface area contributed by atoms with E-state index in [0.29, 0.717) is 23.8 Å². The number of ether oxygens (including phenoxy) is 3. The molecule has 0 radical (unpaired) electrons. The molecular weight excluding hydrogens is 438 g/mol. The van der Waals surface area contributed by atoms with E-state index in [0.717, 1.165) is 29.2 Å². The molecule has 0 aliphatic carbocycles. The molecule has 1 amide bonds. The molecule has 6 nitrogen and oxygen atoms in total. The maximum absolute atomic E-state index is 13.0. The van der Waals surface area contributed by atoms with Crippen molar-refractivity contribution < 1.29 is 27.8 Å². The highest BCUT2D eigenvalue weighted by molar-refractivity contribution is 7.18. The number of halogens is 2. The molecule has 32 heavy (non-hydrogen) atoms. The number of hydrogen-bond acceptors (Lipinski definition) is 6. The van der Waals surface area contributed by atoms with Gasteiger partial charge < -0.3 is 24.4 Å². The minimum atomic E-state index is -3.00. The number of benzene rings is 2. The summed E-state index contributed by atoms with van der Waals surface area (Å²) in [6, 6.07) is 16.1. The Morgan fingerprint density at radius 1 is 1.09 bits per heavy atom. The van der Waals surface area contributed by atoms with E-state index in [1.165, 1.54) is 30.6 Å². The van der Waals surface area contributed by atoms with E-state index in [9.17, 15) is 13.6 Å². The summed E-state index contributed by atoms with van der Waals surface area (Å²) in [6.07, 6.45) is 0. The van der Waals surface area contributed by atoms with Gasteiger partial charge in [0.1, 0.15) is 0 Å². The van der Waals surface area contributed by atoms with Crippen molar-refractivity contribution >= 4 is 27.9 Å². The Kier molecular flexibility index (Phi) is 6.87. The van der Waals surface area contributed by atoms with E-state index in [-0.39, 0.29) is 17.4 Å². The van der Waals surface area contributed by atoms with E-state index >= 15 is 0 Å². The molecule has 3 aromatic rings. The van der Waals surface area contributed by atoms with Crippen molar-refractivity contribution in [2.45, 2.75) is 6.61 Å². The first-order valence-corrected chi connectivity index (χ1v) is 10.8. The summed E-state index contributed by atoms with van der Waals surface area (Å²) in [6.45, 7) is -0.252. The zero-order valence-electron chi connectivity index (χ0n) is 17.3. The molecule has 1 aromatic heterocycles. The summed E-state index contributed by atoms with van der Waals surface area (Å²) in [5.74, 6) is -0.328. The number of alkyl halides is 2. The zero-order valence-corrected chi connectivity index (χ0v) is 18.2. The molecule has 1 aliphatic heterocycles. The van der Waals surface area contributed by atoms with Crippen molar-refractivity contribution in [3.05, 3.63) is 59.5 Å². The highest BCUT2D eigenvalue weighted by atomic mass is 32.1. The van der Waals surface area contributed by atoms with Crippen molar-refractivity contribution in [3.8, 4) is 22.6 Å². The fourth-order valence-corrected chi connectivity index (χ4v) is 4.58. The van der Waals surface area contributed by atoms with E-state index in [4.69, 9.17) is 9.47 Å². The number of methoxy groups -OCH3 is 1. The SMILES string of the molecule is COc1ccc(NC(=O)c2cc(-c3ccccc3)c(N3CCOCC3)s2)cc1OC(F)F. The Morgan fingerprint density at radius 2 is 1.84 bits per heavy atom. The van der Waals surface area contributed by atoms with Gasteiger partial charge in [-0.25, -0.2) is 0 Å². The summed E-state index contributed by atoms with van der Waals surface area (Å²) < 4.78 is 40.4. The third-order valence-corrected chi connectivity index (χ3v) is 6.15. The first-order valence-electron chi connectivity index (χ1n) is 10.0. The number of nitrogens with zero attached hydrogens (tertiary/aromatic N) is 1. The highest BCUT2D eigenvalue weighted by Crippen LogP contribution is 2.40.